The number of benzene rings is 2. The van der Waals surface area contributed by atoms with Crippen LogP contribution < -0.4 is 10.2 Å². The van der Waals surface area contributed by atoms with E-state index >= 15 is 0 Å². The Morgan fingerprint density at radius 2 is 1.63 bits per heavy atom. The summed E-state index contributed by atoms with van der Waals surface area (Å²) >= 11 is 0. The fourth-order valence-electron chi connectivity index (χ4n) is 5.28. The van der Waals surface area contributed by atoms with Crippen LogP contribution in [0.2, 0.25) is 0 Å². The smallest absolute Gasteiger partial charge is 0.271 e. The van der Waals surface area contributed by atoms with Gasteiger partial charge in [0, 0.05) is 56.5 Å². The number of aromatic nitrogens is 5. The zero-order valence-electron chi connectivity index (χ0n) is 23.0. The minimum Gasteiger partial charge on any atom is -0.352 e. The normalized spacial score (nSPS) is 13.4. The van der Waals surface area contributed by atoms with Crippen LogP contribution in [0.5, 0.6) is 0 Å². The van der Waals surface area contributed by atoms with E-state index in [1.807, 2.05) is 42.3 Å². The summed E-state index contributed by atoms with van der Waals surface area (Å²) in [4.78, 5) is 47.5. The molecule has 0 radical (unpaired) electrons. The Balaban J connectivity index is 1.16. The lowest BCUT2D eigenvalue weighted by Gasteiger charge is -2.35. The SMILES string of the molecule is Cc1ccc2c(c1)c(C(=O)N1CCN(c3cnc(C(=O)NCc4ncccn4)cn3)CC1)c(-c1ccccc1)n2C. The number of amides is 2. The highest BCUT2D eigenvalue weighted by molar-refractivity contribution is 6.13. The van der Waals surface area contributed by atoms with Gasteiger partial charge < -0.3 is 19.7 Å². The van der Waals surface area contributed by atoms with Gasteiger partial charge in [0.25, 0.3) is 11.8 Å². The first kappa shape index (κ1) is 26.1. The van der Waals surface area contributed by atoms with Crippen LogP contribution in [0.3, 0.4) is 0 Å². The number of piperazine rings is 1. The summed E-state index contributed by atoms with van der Waals surface area (Å²) in [5, 5.41) is 3.73. The zero-order chi connectivity index (χ0) is 28.3. The van der Waals surface area contributed by atoms with E-state index in [0.717, 1.165) is 33.3 Å². The maximum Gasteiger partial charge on any atom is 0.271 e. The summed E-state index contributed by atoms with van der Waals surface area (Å²) in [6, 6.07) is 18.1. The largest absolute Gasteiger partial charge is 0.352 e. The van der Waals surface area contributed by atoms with Crippen molar-refractivity contribution in [3.8, 4) is 11.3 Å². The molecule has 1 N–H and O–H groups in total. The number of anilines is 1. The molecule has 1 aliphatic heterocycles. The second-order valence-corrected chi connectivity index (χ2v) is 10.1. The molecule has 2 aromatic carbocycles. The van der Waals surface area contributed by atoms with E-state index in [4.69, 9.17) is 0 Å². The Morgan fingerprint density at radius 3 is 2.34 bits per heavy atom. The number of hydrogen-bond donors (Lipinski definition) is 1. The molecule has 1 aliphatic rings. The Bertz CT molecular complexity index is 1690. The van der Waals surface area contributed by atoms with E-state index in [1.54, 1.807) is 24.7 Å². The third-order valence-electron chi connectivity index (χ3n) is 7.40. The van der Waals surface area contributed by atoms with Gasteiger partial charge in [-0.1, -0.05) is 42.0 Å². The molecule has 10 heteroatoms. The molecule has 5 aromatic rings. The molecule has 1 saturated heterocycles. The van der Waals surface area contributed by atoms with Crippen LogP contribution in [-0.4, -0.2) is 67.4 Å². The highest BCUT2D eigenvalue weighted by Crippen LogP contribution is 2.35. The van der Waals surface area contributed by atoms with Crippen molar-refractivity contribution < 1.29 is 9.59 Å². The van der Waals surface area contributed by atoms with Gasteiger partial charge >= 0.3 is 0 Å². The molecule has 3 aromatic heterocycles. The first-order valence-corrected chi connectivity index (χ1v) is 13.5. The summed E-state index contributed by atoms with van der Waals surface area (Å²) in [7, 11) is 2.02. The summed E-state index contributed by atoms with van der Waals surface area (Å²) in [5.74, 6) is 0.879. The first-order chi connectivity index (χ1) is 20.0. The van der Waals surface area contributed by atoms with Gasteiger partial charge in [-0.15, -0.1) is 0 Å². The fourth-order valence-corrected chi connectivity index (χ4v) is 5.28. The number of hydrogen-bond acceptors (Lipinski definition) is 7. The average Bonchev–Trinajstić information content (AvgIpc) is 3.31. The number of aryl methyl sites for hydroxylation is 2. The van der Waals surface area contributed by atoms with E-state index in [-0.39, 0.29) is 24.1 Å². The number of carbonyl (C=O) groups is 2. The molecule has 6 rings (SSSR count). The van der Waals surface area contributed by atoms with Crippen molar-refractivity contribution >= 4 is 28.5 Å². The van der Waals surface area contributed by atoms with Crippen LogP contribution >= 0.6 is 0 Å². The summed E-state index contributed by atoms with van der Waals surface area (Å²) < 4.78 is 2.12. The Kier molecular flexibility index (Phi) is 7.11. The molecule has 10 nitrogen and oxygen atoms in total. The average molecular weight is 547 g/mol. The molecule has 0 saturated carbocycles. The van der Waals surface area contributed by atoms with Crippen LogP contribution in [0.15, 0.2) is 79.4 Å². The van der Waals surface area contributed by atoms with Crippen LogP contribution in [-0.2, 0) is 13.6 Å². The minimum absolute atomic E-state index is 0.0280. The standard InChI is InChI=1S/C31H30N8O2/c1-21-9-10-25-23(17-21)28(29(37(25)2)22-7-4-3-5-8-22)31(41)39-15-13-38(14-16-39)27-20-34-24(18-35-27)30(40)36-19-26-32-11-6-12-33-26/h3-12,17-18,20H,13-16,19H2,1-2H3,(H,36,40). The minimum atomic E-state index is -0.341. The van der Waals surface area contributed by atoms with Crippen LogP contribution in [0.1, 0.15) is 32.2 Å². The van der Waals surface area contributed by atoms with E-state index in [2.05, 4.69) is 59.8 Å². The molecule has 2 amide bonds. The monoisotopic (exact) mass is 546 g/mol. The number of nitrogens with zero attached hydrogens (tertiary/aromatic N) is 7. The van der Waals surface area contributed by atoms with E-state index in [0.29, 0.717) is 37.8 Å². The Hall–Kier alpha value is -5.12. The quantitative estimate of drug-likeness (QED) is 0.346. The number of rotatable bonds is 6. The van der Waals surface area contributed by atoms with Gasteiger partial charge in [0.1, 0.15) is 17.3 Å². The molecular weight excluding hydrogens is 516 g/mol. The topological polar surface area (TPSA) is 109 Å². The van der Waals surface area contributed by atoms with Crippen molar-refractivity contribution in [1.29, 1.82) is 0 Å². The van der Waals surface area contributed by atoms with Crippen molar-refractivity contribution in [2.45, 2.75) is 13.5 Å². The molecule has 0 bridgehead atoms. The highest BCUT2D eigenvalue weighted by Gasteiger charge is 2.29. The lowest BCUT2D eigenvalue weighted by atomic mass is 10.0. The number of fused-ring (bicyclic) bond motifs is 1. The lowest BCUT2D eigenvalue weighted by molar-refractivity contribution is 0.0748. The number of carbonyl (C=O) groups excluding carboxylic acids is 2. The van der Waals surface area contributed by atoms with E-state index < -0.39 is 0 Å². The number of nitrogens with one attached hydrogen (secondary N) is 1. The van der Waals surface area contributed by atoms with Crippen molar-refractivity contribution in [2.24, 2.45) is 7.05 Å². The predicted molar refractivity (Wildman–Crippen MR) is 156 cm³/mol. The van der Waals surface area contributed by atoms with Crippen LogP contribution in [0, 0.1) is 6.92 Å². The lowest BCUT2D eigenvalue weighted by Crippen LogP contribution is -2.49. The summed E-state index contributed by atoms with van der Waals surface area (Å²) in [5.41, 5.74) is 5.05. The molecule has 0 atom stereocenters. The molecule has 0 aliphatic carbocycles. The molecule has 1 fully saturated rings. The van der Waals surface area contributed by atoms with Gasteiger partial charge in [-0.05, 0) is 30.7 Å². The maximum atomic E-state index is 14.1. The predicted octanol–water partition coefficient (Wildman–Crippen LogP) is 3.63. The van der Waals surface area contributed by atoms with Crippen molar-refractivity contribution in [1.82, 2.24) is 34.7 Å². The van der Waals surface area contributed by atoms with Crippen LogP contribution in [0.25, 0.3) is 22.2 Å². The molecular formula is C31H30N8O2. The molecule has 0 spiro atoms. The second-order valence-electron chi connectivity index (χ2n) is 10.1. The third kappa shape index (κ3) is 5.23. The zero-order valence-corrected chi connectivity index (χ0v) is 23.0. The van der Waals surface area contributed by atoms with Crippen molar-refractivity contribution in [3.63, 3.8) is 0 Å². The van der Waals surface area contributed by atoms with Crippen molar-refractivity contribution in [2.75, 3.05) is 31.1 Å². The van der Waals surface area contributed by atoms with Gasteiger partial charge in [-0.3, -0.25) is 9.59 Å². The maximum absolute atomic E-state index is 14.1. The third-order valence-corrected chi connectivity index (χ3v) is 7.40. The van der Waals surface area contributed by atoms with E-state index in [9.17, 15) is 9.59 Å². The second kappa shape index (κ2) is 11.2. The fraction of sp³-hybridized carbons (Fsp3) is 0.226. The summed E-state index contributed by atoms with van der Waals surface area (Å²) in [6.07, 6.45) is 6.33. The van der Waals surface area contributed by atoms with Gasteiger partial charge in [0.2, 0.25) is 0 Å². The molecule has 41 heavy (non-hydrogen) atoms. The Morgan fingerprint density at radius 1 is 0.878 bits per heavy atom. The van der Waals surface area contributed by atoms with Gasteiger partial charge in [-0.25, -0.2) is 19.9 Å². The highest BCUT2D eigenvalue weighted by atomic mass is 16.2. The Labute approximate surface area is 237 Å². The molecule has 206 valence electrons. The van der Waals surface area contributed by atoms with E-state index in [1.165, 1.54) is 6.20 Å². The molecule has 4 heterocycles. The first-order valence-electron chi connectivity index (χ1n) is 13.5. The van der Waals surface area contributed by atoms with Crippen LogP contribution in [0.4, 0.5) is 5.82 Å². The van der Waals surface area contributed by atoms with Gasteiger partial charge in [-0.2, -0.15) is 0 Å². The molecule has 0 unspecified atom stereocenters. The van der Waals surface area contributed by atoms with Gasteiger partial charge in [0.05, 0.1) is 30.2 Å². The van der Waals surface area contributed by atoms with Crippen molar-refractivity contribution in [3.05, 3.63) is 102 Å². The summed E-state index contributed by atoms with van der Waals surface area (Å²) in [6.45, 7) is 4.59. The van der Waals surface area contributed by atoms with Gasteiger partial charge in [0.15, 0.2) is 0 Å².